The van der Waals surface area contributed by atoms with E-state index in [9.17, 15) is 9.59 Å². The number of carbonyl (C=O) groups is 1. The Morgan fingerprint density at radius 2 is 2.03 bits per heavy atom. The Hall–Kier alpha value is -2.19. The summed E-state index contributed by atoms with van der Waals surface area (Å²) >= 11 is 6.86. The fourth-order valence-electron chi connectivity index (χ4n) is 4.75. The van der Waals surface area contributed by atoms with Gasteiger partial charge in [0.2, 0.25) is 0 Å². The topological polar surface area (TPSA) is 66.7 Å². The fourth-order valence-corrected chi connectivity index (χ4v) is 6.00. The zero-order valence-electron chi connectivity index (χ0n) is 20.1. The Balaban J connectivity index is 1.67. The van der Waals surface area contributed by atoms with Crippen LogP contribution in [0.4, 0.5) is 5.82 Å². The number of nitrogens with zero attached hydrogens (tertiary/aromatic N) is 3. The van der Waals surface area contributed by atoms with Crippen LogP contribution in [0.3, 0.4) is 0 Å². The molecular formula is C26H34N4O2S2. The lowest BCUT2D eigenvalue weighted by molar-refractivity contribution is -0.122. The van der Waals surface area contributed by atoms with E-state index >= 15 is 0 Å². The predicted molar refractivity (Wildman–Crippen MR) is 145 cm³/mol. The van der Waals surface area contributed by atoms with Crippen LogP contribution in [0.1, 0.15) is 77.2 Å². The molecule has 2 aromatic rings. The SMILES string of the molecule is CCCCC(CC)CN1C(=O)C(=Cc2c(NC3CCCCC3)nc3ccccn3c2=O)SC1=S. The second kappa shape index (κ2) is 11.5. The summed E-state index contributed by atoms with van der Waals surface area (Å²) < 4.78 is 2.11. The van der Waals surface area contributed by atoms with Crippen molar-refractivity contribution >= 4 is 51.7 Å². The molecule has 1 saturated heterocycles. The number of hydrogen-bond acceptors (Lipinski definition) is 6. The minimum atomic E-state index is -0.177. The number of carbonyl (C=O) groups excluding carboxylic acids is 1. The molecule has 0 bridgehead atoms. The summed E-state index contributed by atoms with van der Waals surface area (Å²) in [6, 6.07) is 5.81. The normalized spacial score (nSPS) is 19.4. The molecule has 6 nitrogen and oxygen atoms in total. The molecule has 4 rings (SSSR count). The Labute approximate surface area is 211 Å². The van der Waals surface area contributed by atoms with Crippen LogP contribution < -0.4 is 10.9 Å². The van der Waals surface area contributed by atoms with E-state index in [4.69, 9.17) is 17.2 Å². The lowest BCUT2D eigenvalue weighted by Crippen LogP contribution is -2.33. The summed E-state index contributed by atoms with van der Waals surface area (Å²) in [4.78, 5) is 33.8. The van der Waals surface area contributed by atoms with Crippen molar-refractivity contribution in [3.63, 3.8) is 0 Å². The minimum absolute atomic E-state index is 0.105. The van der Waals surface area contributed by atoms with E-state index in [-0.39, 0.29) is 17.5 Å². The minimum Gasteiger partial charge on any atom is -0.367 e. The molecule has 1 unspecified atom stereocenters. The molecule has 2 aromatic heterocycles. The van der Waals surface area contributed by atoms with Gasteiger partial charge in [-0.05, 0) is 43.4 Å². The monoisotopic (exact) mass is 498 g/mol. The van der Waals surface area contributed by atoms with Crippen molar-refractivity contribution in [2.45, 2.75) is 77.7 Å². The maximum Gasteiger partial charge on any atom is 0.267 e. The van der Waals surface area contributed by atoms with Crippen LogP contribution >= 0.6 is 24.0 Å². The highest BCUT2D eigenvalue weighted by atomic mass is 32.2. The van der Waals surface area contributed by atoms with Gasteiger partial charge in [-0.3, -0.25) is 18.9 Å². The van der Waals surface area contributed by atoms with Gasteiger partial charge in [0, 0.05) is 18.8 Å². The zero-order chi connectivity index (χ0) is 24.1. The van der Waals surface area contributed by atoms with E-state index in [1.165, 1.54) is 35.4 Å². The highest BCUT2D eigenvalue weighted by Gasteiger charge is 2.34. The lowest BCUT2D eigenvalue weighted by Gasteiger charge is -2.24. The number of anilines is 1. The molecule has 0 spiro atoms. The first-order valence-corrected chi connectivity index (χ1v) is 13.8. The van der Waals surface area contributed by atoms with Gasteiger partial charge < -0.3 is 5.32 Å². The molecule has 0 radical (unpaired) electrons. The van der Waals surface area contributed by atoms with Gasteiger partial charge in [-0.15, -0.1) is 0 Å². The van der Waals surface area contributed by atoms with Gasteiger partial charge in [0.15, 0.2) is 0 Å². The molecule has 3 heterocycles. The molecule has 1 N–H and O–H groups in total. The molecule has 1 aliphatic carbocycles. The predicted octanol–water partition coefficient (Wildman–Crippen LogP) is 5.86. The van der Waals surface area contributed by atoms with Gasteiger partial charge in [0.25, 0.3) is 11.5 Å². The molecule has 1 amide bonds. The van der Waals surface area contributed by atoms with Crippen LogP contribution in [0, 0.1) is 5.92 Å². The smallest absolute Gasteiger partial charge is 0.267 e. The van der Waals surface area contributed by atoms with Gasteiger partial charge in [-0.25, -0.2) is 4.98 Å². The molecular weight excluding hydrogens is 464 g/mol. The van der Waals surface area contributed by atoms with Crippen molar-refractivity contribution in [2.75, 3.05) is 11.9 Å². The van der Waals surface area contributed by atoms with Crippen LogP contribution in [0.2, 0.25) is 0 Å². The van der Waals surface area contributed by atoms with Crippen molar-refractivity contribution < 1.29 is 4.79 Å². The summed E-state index contributed by atoms with van der Waals surface area (Å²) in [5.74, 6) is 0.882. The van der Waals surface area contributed by atoms with Crippen LogP contribution in [0.25, 0.3) is 11.7 Å². The molecule has 182 valence electrons. The molecule has 2 fully saturated rings. The molecule has 34 heavy (non-hydrogen) atoms. The first kappa shape index (κ1) is 24.9. The quantitative estimate of drug-likeness (QED) is 0.345. The first-order chi connectivity index (χ1) is 16.5. The van der Waals surface area contributed by atoms with Gasteiger partial charge in [-0.2, -0.15) is 0 Å². The summed E-state index contributed by atoms with van der Waals surface area (Å²) in [6.45, 7) is 4.99. The largest absolute Gasteiger partial charge is 0.367 e. The van der Waals surface area contributed by atoms with Crippen molar-refractivity contribution in [1.29, 1.82) is 0 Å². The molecule has 1 saturated carbocycles. The number of rotatable bonds is 9. The average molecular weight is 499 g/mol. The maximum atomic E-state index is 13.5. The molecule has 0 aromatic carbocycles. The molecule has 8 heteroatoms. The number of hydrogen-bond donors (Lipinski definition) is 1. The van der Waals surface area contributed by atoms with Crippen LogP contribution in [-0.4, -0.2) is 37.1 Å². The highest BCUT2D eigenvalue weighted by molar-refractivity contribution is 8.26. The number of amides is 1. The number of pyridine rings is 1. The zero-order valence-corrected chi connectivity index (χ0v) is 21.7. The van der Waals surface area contributed by atoms with E-state index in [1.807, 2.05) is 18.2 Å². The van der Waals surface area contributed by atoms with E-state index in [1.54, 1.807) is 17.2 Å². The second-order valence-electron chi connectivity index (χ2n) is 9.30. The molecule has 1 aliphatic heterocycles. The Morgan fingerprint density at radius 3 is 2.76 bits per heavy atom. The number of aromatic nitrogens is 2. The molecule has 2 aliphatic rings. The summed E-state index contributed by atoms with van der Waals surface area (Å²) in [6.07, 6.45) is 13.5. The number of thiocarbonyl (C=S) groups is 1. The summed E-state index contributed by atoms with van der Waals surface area (Å²) in [7, 11) is 0. The van der Waals surface area contributed by atoms with Gasteiger partial charge in [0.1, 0.15) is 15.8 Å². The van der Waals surface area contributed by atoms with Gasteiger partial charge in [-0.1, -0.05) is 82.4 Å². The second-order valence-corrected chi connectivity index (χ2v) is 11.0. The Morgan fingerprint density at radius 1 is 1.24 bits per heavy atom. The number of thioether (sulfide) groups is 1. The van der Waals surface area contributed by atoms with Crippen molar-refractivity contribution in [2.24, 2.45) is 5.92 Å². The van der Waals surface area contributed by atoms with Crippen molar-refractivity contribution in [3.8, 4) is 0 Å². The third-order valence-corrected chi connectivity index (χ3v) is 8.23. The number of nitrogens with one attached hydrogen (secondary N) is 1. The fraction of sp³-hybridized carbons (Fsp3) is 0.538. The van der Waals surface area contributed by atoms with Crippen molar-refractivity contribution in [1.82, 2.24) is 14.3 Å². The van der Waals surface area contributed by atoms with Crippen LogP contribution in [-0.2, 0) is 4.79 Å². The van der Waals surface area contributed by atoms with Gasteiger partial charge >= 0.3 is 0 Å². The number of unbranched alkanes of at least 4 members (excludes halogenated alkanes) is 1. The summed E-state index contributed by atoms with van der Waals surface area (Å²) in [5, 5.41) is 3.52. The van der Waals surface area contributed by atoms with Crippen LogP contribution in [0.15, 0.2) is 34.1 Å². The lowest BCUT2D eigenvalue weighted by atomic mass is 9.95. The number of fused-ring (bicyclic) bond motifs is 1. The Kier molecular flexibility index (Phi) is 8.42. The van der Waals surface area contributed by atoms with E-state index in [2.05, 4.69) is 19.2 Å². The van der Waals surface area contributed by atoms with E-state index in [0.29, 0.717) is 38.7 Å². The van der Waals surface area contributed by atoms with Crippen LogP contribution in [0.5, 0.6) is 0 Å². The summed E-state index contributed by atoms with van der Waals surface area (Å²) in [5.41, 5.74) is 0.841. The van der Waals surface area contributed by atoms with Crippen molar-refractivity contribution in [3.05, 3.63) is 45.2 Å². The highest BCUT2D eigenvalue weighted by Crippen LogP contribution is 2.34. The van der Waals surface area contributed by atoms with E-state index < -0.39 is 0 Å². The third-order valence-electron chi connectivity index (χ3n) is 6.85. The molecule has 1 atom stereocenters. The average Bonchev–Trinajstić information content (AvgIpc) is 3.11. The van der Waals surface area contributed by atoms with Gasteiger partial charge in [0.05, 0.1) is 10.5 Å². The first-order valence-electron chi connectivity index (χ1n) is 12.5. The Bertz CT molecular complexity index is 1140. The van der Waals surface area contributed by atoms with E-state index in [0.717, 1.165) is 38.5 Å². The maximum absolute atomic E-state index is 13.5. The standard InChI is InChI=1S/C26H34N4O2S2/c1-3-5-11-18(4-2)17-30-25(32)21(34-26(30)33)16-20-23(27-19-12-7-6-8-13-19)28-22-14-9-10-15-29(22)24(20)31/h9-10,14-16,18-19,27H,3-8,11-13,17H2,1-2H3. The third kappa shape index (κ3) is 5.54.